The van der Waals surface area contributed by atoms with Gasteiger partial charge in [0.05, 0.1) is 6.10 Å². The Bertz CT molecular complexity index is 598. The summed E-state index contributed by atoms with van der Waals surface area (Å²) in [5, 5.41) is 23.0. The largest absolute Gasteiger partial charge is 0.444 e. The molecule has 6 atom stereocenters. The van der Waals surface area contributed by atoms with Crippen LogP contribution in [-0.2, 0) is 9.47 Å². The molecule has 1 spiro atoms. The molecule has 154 valence electrons. The summed E-state index contributed by atoms with van der Waals surface area (Å²) in [5.74, 6) is -0.574. The number of nitrogens with zero attached hydrogens (tertiary/aromatic N) is 1. The van der Waals surface area contributed by atoms with Crippen molar-refractivity contribution in [3.63, 3.8) is 0 Å². The van der Waals surface area contributed by atoms with E-state index in [4.69, 9.17) is 9.47 Å². The van der Waals surface area contributed by atoms with Crippen molar-refractivity contribution in [2.45, 2.75) is 95.7 Å². The number of hydrogen-bond acceptors (Lipinski definition) is 5. The van der Waals surface area contributed by atoms with E-state index in [0.29, 0.717) is 44.2 Å². The standard InChI is InChI=1S/C21H35NO5/c1-14-11-15-13-21(25)20(24)8-6-10-22(17(23)27-18(2,3)4)9-5-7-19(15,20)16(12-14)26-21/h14-16,24-25H,5-13H2,1-4H3/t14-,15+,16+,19-,20-,21?/m1/s1. The van der Waals surface area contributed by atoms with E-state index in [-0.39, 0.29) is 17.6 Å². The number of ether oxygens (including phenoxy) is 2. The molecule has 0 aromatic carbocycles. The lowest BCUT2D eigenvalue weighted by atomic mass is 9.56. The second-order valence-corrected chi connectivity index (χ2v) is 10.4. The first-order valence-electron chi connectivity index (χ1n) is 10.6. The number of aliphatic hydroxyl groups is 2. The summed E-state index contributed by atoms with van der Waals surface area (Å²) in [7, 11) is 0. The monoisotopic (exact) mass is 381 g/mol. The van der Waals surface area contributed by atoms with Crippen LogP contribution in [0.3, 0.4) is 0 Å². The highest BCUT2D eigenvalue weighted by atomic mass is 16.7. The SMILES string of the molecule is C[C@@H]1C[C@H]2CC3(O)O[C@@H](C1)[C@@]21CCCN(C(=O)OC(C)(C)C)CCC[C@]31O. The molecule has 27 heavy (non-hydrogen) atoms. The zero-order valence-corrected chi connectivity index (χ0v) is 17.2. The van der Waals surface area contributed by atoms with E-state index >= 15 is 0 Å². The lowest BCUT2D eigenvalue weighted by Crippen LogP contribution is -2.56. The molecule has 4 fully saturated rings. The molecule has 4 rings (SSSR count). The fourth-order valence-electron chi connectivity index (χ4n) is 6.61. The van der Waals surface area contributed by atoms with Crippen molar-refractivity contribution in [1.82, 2.24) is 4.90 Å². The summed E-state index contributed by atoms with van der Waals surface area (Å²) in [6.07, 6.45) is 4.80. The van der Waals surface area contributed by atoms with E-state index in [1.807, 2.05) is 20.8 Å². The summed E-state index contributed by atoms with van der Waals surface area (Å²) < 4.78 is 11.7. The maximum Gasteiger partial charge on any atom is 0.410 e. The van der Waals surface area contributed by atoms with Gasteiger partial charge in [0.25, 0.3) is 0 Å². The maximum absolute atomic E-state index is 12.5. The van der Waals surface area contributed by atoms with E-state index in [2.05, 4.69) is 6.92 Å². The first-order chi connectivity index (χ1) is 12.5. The first kappa shape index (κ1) is 19.5. The lowest BCUT2D eigenvalue weighted by molar-refractivity contribution is -0.268. The van der Waals surface area contributed by atoms with Crippen LogP contribution in [0.15, 0.2) is 0 Å². The van der Waals surface area contributed by atoms with Crippen LogP contribution in [0.1, 0.15) is 72.6 Å². The lowest BCUT2D eigenvalue weighted by Gasteiger charge is -2.50. The smallest absolute Gasteiger partial charge is 0.410 e. The summed E-state index contributed by atoms with van der Waals surface area (Å²) >= 11 is 0. The molecule has 1 amide bonds. The number of hydrogen-bond donors (Lipinski definition) is 2. The molecule has 2 heterocycles. The van der Waals surface area contributed by atoms with Crippen LogP contribution in [0, 0.1) is 17.3 Å². The highest BCUT2D eigenvalue weighted by molar-refractivity contribution is 5.68. The van der Waals surface area contributed by atoms with Crippen molar-refractivity contribution >= 4 is 6.09 Å². The quantitative estimate of drug-likeness (QED) is 0.674. The molecule has 2 aliphatic carbocycles. The van der Waals surface area contributed by atoms with Crippen LogP contribution in [0.25, 0.3) is 0 Å². The van der Waals surface area contributed by atoms with Gasteiger partial charge in [-0.1, -0.05) is 6.92 Å². The summed E-state index contributed by atoms with van der Waals surface area (Å²) in [5.41, 5.74) is -2.10. The third kappa shape index (κ3) is 2.74. The summed E-state index contributed by atoms with van der Waals surface area (Å²) in [6.45, 7) is 9.03. The second kappa shape index (κ2) is 6.07. The van der Waals surface area contributed by atoms with E-state index in [1.165, 1.54) is 0 Å². The van der Waals surface area contributed by atoms with Gasteiger partial charge in [-0.2, -0.15) is 0 Å². The van der Waals surface area contributed by atoms with Gasteiger partial charge in [0.15, 0.2) is 5.79 Å². The van der Waals surface area contributed by atoms with Gasteiger partial charge in [-0.15, -0.1) is 0 Å². The topological polar surface area (TPSA) is 79.2 Å². The molecule has 2 N–H and O–H groups in total. The Morgan fingerprint density at radius 1 is 1.15 bits per heavy atom. The zero-order valence-electron chi connectivity index (χ0n) is 17.2. The van der Waals surface area contributed by atoms with E-state index in [1.54, 1.807) is 4.90 Å². The molecule has 0 radical (unpaired) electrons. The van der Waals surface area contributed by atoms with Crippen LogP contribution in [0.2, 0.25) is 0 Å². The number of amides is 1. The minimum Gasteiger partial charge on any atom is -0.444 e. The highest BCUT2D eigenvalue weighted by Gasteiger charge is 2.80. The summed E-state index contributed by atoms with van der Waals surface area (Å²) in [4.78, 5) is 14.3. The number of carbonyl (C=O) groups excluding carboxylic acids is 1. The molecule has 6 nitrogen and oxygen atoms in total. The normalized spacial score (nSPS) is 47.0. The molecule has 0 aromatic heterocycles. The predicted molar refractivity (Wildman–Crippen MR) is 100.0 cm³/mol. The van der Waals surface area contributed by atoms with E-state index in [9.17, 15) is 15.0 Å². The van der Waals surface area contributed by atoms with Crippen molar-refractivity contribution in [3.8, 4) is 0 Å². The zero-order chi connectivity index (χ0) is 19.7. The van der Waals surface area contributed by atoms with Crippen LogP contribution < -0.4 is 0 Å². The van der Waals surface area contributed by atoms with Gasteiger partial charge in [0.1, 0.15) is 11.2 Å². The van der Waals surface area contributed by atoms with Gasteiger partial charge in [-0.05, 0) is 71.1 Å². The first-order valence-corrected chi connectivity index (χ1v) is 10.6. The van der Waals surface area contributed by atoms with Gasteiger partial charge in [-0.3, -0.25) is 0 Å². The minimum atomic E-state index is -1.43. The third-order valence-corrected chi connectivity index (χ3v) is 7.52. The van der Waals surface area contributed by atoms with Gasteiger partial charge >= 0.3 is 6.09 Å². The fraction of sp³-hybridized carbons (Fsp3) is 0.952. The van der Waals surface area contributed by atoms with Crippen molar-refractivity contribution in [2.24, 2.45) is 17.3 Å². The second-order valence-electron chi connectivity index (χ2n) is 10.4. The molecule has 2 bridgehead atoms. The Kier molecular flexibility index (Phi) is 4.38. The van der Waals surface area contributed by atoms with E-state index in [0.717, 1.165) is 25.7 Å². The Balaban J connectivity index is 1.58. The number of rotatable bonds is 0. The molecule has 0 aromatic rings. The average Bonchev–Trinajstić information content (AvgIpc) is 2.83. The Morgan fingerprint density at radius 2 is 1.81 bits per heavy atom. The molecule has 2 saturated carbocycles. The maximum atomic E-state index is 12.5. The van der Waals surface area contributed by atoms with Gasteiger partial charge in [0, 0.05) is 24.9 Å². The Morgan fingerprint density at radius 3 is 2.44 bits per heavy atom. The van der Waals surface area contributed by atoms with E-state index < -0.39 is 17.0 Å². The number of carbonyl (C=O) groups is 1. The van der Waals surface area contributed by atoms with Crippen molar-refractivity contribution in [3.05, 3.63) is 0 Å². The van der Waals surface area contributed by atoms with Gasteiger partial charge < -0.3 is 24.6 Å². The Labute approximate surface area is 162 Å². The fourth-order valence-corrected chi connectivity index (χ4v) is 6.61. The summed E-state index contributed by atoms with van der Waals surface area (Å²) in [6, 6.07) is 0. The van der Waals surface area contributed by atoms with Crippen LogP contribution >= 0.6 is 0 Å². The molecular weight excluding hydrogens is 346 g/mol. The van der Waals surface area contributed by atoms with Crippen molar-refractivity contribution in [2.75, 3.05) is 13.1 Å². The third-order valence-electron chi connectivity index (χ3n) is 7.52. The van der Waals surface area contributed by atoms with Crippen LogP contribution in [0.5, 0.6) is 0 Å². The average molecular weight is 382 g/mol. The highest BCUT2D eigenvalue weighted by Crippen LogP contribution is 2.72. The predicted octanol–water partition coefficient (Wildman–Crippen LogP) is 3.05. The molecule has 6 heteroatoms. The van der Waals surface area contributed by atoms with Crippen molar-refractivity contribution < 1.29 is 24.5 Å². The van der Waals surface area contributed by atoms with Gasteiger partial charge in [0.2, 0.25) is 0 Å². The molecular formula is C21H35NO5. The minimum absolute atomic E-state index is 0.0805. The van der Waals surface area contributed by atoms with Crippen LogP contribution in [0.4, 0.5) is 4.79 Å². The van der Waals surface area contributed by atoms with Crippen LogP contribution in [-0.4, -0.2) is 57.4 Å². The van der Waals surface area contributed by atoms with Gasteiger partial charge in [-0.25, -0.2) is 4.79 Å². The Hall–Kier alpha value is -0.850. The molecule has 2 saturated heterocycles. The molecule has 2 aliphatic heterocycles. The molecule has 4 aliphatic rings. The van der Waals surface area contributed by atoms with Crippen molar-refractivity contribution in [1.29, 1.82) is 0 Å². The molecule has 1 unspecified atom stereocenters.